The lowest BCUT2D eigenvalue weighted by atomic mass is 10.2. The van der Waals surface area contributed by atoms with Crippen molar-refractivity contribution < 1.29 is 4.79 Å². The summed E-state index contributed by atoms with van der Waals surface area (Å²) in [5.74, 6) is 0.955. The quantitative estimate of drug-likeness (QED) is 0.430. The van der Waals surface area contributed by atoms with Crippen molar-refractivity contribution in [3.05, 3.63) is 75.2 Å². The zero-order valence-corrected chi connectivity index (χ0v) is 19.4. The summed E-state index contributed by atoms with van der Waals surface area (Å²) >= 11 is 15.3. The van der Waals surface area contributed by atoms with Gasteiger partial charge < -0.3 is 9.80 Å². The molecule has 0 aliphatic carbocycles. The van der Waals surface area contributed by atoms with Crippen molar-refractivity contribution in [2.45, 2.75) is 16.5 Å². The van der Waals surface area contributed by atoms with Crippen LogP contribution >= 0.6 is 46.3 Å². The molecule has 1 aliphatic rings. The second kappa shape index (κ2) is 10.1. The molecule has 0 saturated carbocycles. The Bertz CT molecular complexity index is 1000. The maximum absolute atomic E-state index is 12.7. The minimum absolute atomic E-state index is 0.141. The van der Waals surface area contributed by atoms with E-state index in [4.69, 9.17) is 23.2 Å². The van der Waals surface area contributed by atoms with E-state index < -0.39 is 0 Å². The van der Waals surface area contributed by atoms with Crippen LogP contribution in [-0.2, 0) is 17.0 Å². The third kappa shape index (κ3) is 5.70. The number of benzene rings is 2. The molecule has 2 aromatic carbocycles. The Kier molecular flexibility index (Phi) is 7.20. The van der Waals surface area contributed by atoms with Crippen LogP contribution in [0.5, 0.6) is 0 Å². The molecule has 1 fully saturated rings. The second-order valence-electron chi connectivity index (χ2n) is 7.04. The van der Waals surface area contributed by atoms with Crippen molar-refractivity contribution >= 4 is 57.9 Å². The van der Waals surface area contributed by atoms with Crippen molar-refractivity contribution in [3.63, 3.8) is 0 Å². The largest absolute Gasteiger partial charge is 0.368 e. The Morgan fingerprint density at radius 2 is 1.80 bits per heavy atom. The highest BCUT2D eigenvalue weighted by Crippen LogP contribution is 2.27. The molecule has 3 aromatic rings. The van der Waals surface area contributed by atoms with Gasteiger partial charge in [0.05, 0.1) is 12.1 Å². The van der Waals surface area contributed by atoms with Gasteiger partial charge in [0.15, 0.2) is 0 Å². The standard InChI is InChI=1S/C22H21Cl2N3OS2/c23-17-4-6-20(7-5-17)26-8-10-27(11-9-26)21(28)13-19-15-30-22(25-19)29-14-16-2-1-3-18(24)12-16/h1-7,12,15H,8-11,13-14H2. The first-order valence-corrected chi connectivity index (χ1v) is 12.3. The van der Waals surface area contributed by atoms with E-state index in [0.29, 0.717) is 6.42 Å². The summed E-state index contributed by atoms with van der Waals surface area (Å²) in [5.41, 5.74) is 3.16. The zero-order valence-electron chi connectivity index (χ0n) is 16.3. The second-order valence-corrected chi connectivity index (χ2v) is 10.00. The number of amides is 1. The number of thiazole rings is 1. The van der Waals surface area contributed by atoms with Gasteiger partial charge in [-0.3, -0.25) is 4.79 Å². The number of hydrogen-bond acceptors (Lipinski definition) is 5. The molecule has 2 heterocycles. The maximum atomic E-state index is 12.7. The minimum Gasteiger partial charge on any atom is -0.368 e. The van der Waals surface area contributed by atoms with Gasteiger partial charge in [0.2, 0.25) is 5.91 Å². The third-order valence-corrected chi connectivity index (χ3v) is 7.57. The topological polar surface area (TPSA) is 36.4 Å². The molecule has 4 nitrogen and oxygen atoms in total. The van der Waals surface area contributed by atoms with Gasteiger partial charge in [0, 0.05) is 53.0 Å². The number of hydrogen-bond donors (Lipinski definition) is 0. The fourth-order valence-corrected chi connectivity index (χ4v) is 5.47. The third-order valence-electron chi connectivity index (χ3n) is 4.94. The Balaban J connectivity index is 1.26. The van der Waals surface area contributed by atoms with Crippen LogP contribution in [0.3, 0.4) is 0 Å². The van der Waals surface area contributed by atoms with Crippen molar-refractivity contribution in [3.8, 4) is 0 Å². The van der Waals surface area contributed by atoms with Crippen molar-refractivity contribution in [2.75, 3.05) is 31.1 Å². The summed E-state index contributed by atoms with van der Waals surface area (Å²) in [7, 11) is 0. The van der Waals surface area contributed by atoms with E-state index in [2.05, 4.69) is 16.0 Å². The summed E-state index contributed by atoms with van der Waals surface area (Å²) in [4.78, 5) is 21.6. The first-order chi connectivity index (χ1) is 14.6. The average molecular weight is 478 g/mol. The molecule has 1 aromatic heterocycles. The number of carbonyl (C=O) groups is 1. The smallest absolute Gasteiger partial charge is 0.228 e. The molecular weight excluding hydrogens is 457 g/mol. The first-order valence-electron chi connectivity index (χ1n) is 9.67. The molecule has 0 unspecified atom stereocenters. The summed E-state index contributed by atoms with van der Waals surface area (Å²) in [5, 5.41) is 3.47. The monoisotopic (exact) mass is 477 g/mol. The number of anilines is 1. The molecule has 0 N–H and O–H groups in total. The lowest BCUT2D eigenvalue weighted by Gasteiger charge is -2.36. The molecule has 0 radical (unpaired) electrons. The zero-order chi connectivity index (χ0) is 20.9. The van der Waals surface area contributed by atoms with Crippen LogP contribution < -0.4 is 4.90 Å². The van der Waals surface area contributed by atoms with E-state index in [9.17, 15) is 4.79 Å². The van der Waals surface area contributed by atoms with E-state index in [1.165, 1.54) is 5.56 Å². The Labute approximate surface area is 194 Å². The summed E-state index contributed by atoms with van der Waals surface area (Å²) < 4.78 is 0.977. The molecule has 156 valence electrons. The molecular formula is C22H21Cl2N3OS2. The van der Waals surface area contributed by atoms with Gasteiger partial charge in [-0.05, 0) is 42.0 Å². The number of halogens is 2. The molecule has 0 bridgehead atoms. The number of aromatic nitrogens is 1. The Morgan fingerprint density at radius 1 is 1.03 bits per heavy atom. The Morgan fingerprint density at radius 3 is 2.53 bits per heavy atom. The highest BCUT2D eigenvalue weighted by Gasteiger charge is 2.22. The Hall–Kier alpha value is -1.73. The van der Waals surface area contributed by atoms with Gasteiger partial charge in [-0.1, -0.05) is 47.1 Å². The molecule has 30 heavy (non-hydrogen) atoms. The van der Waals surface area contributed by atoms with Gasteiger partial charge in [0.1, 0.15) is 4.34 Å². The summed E-state index contributed by atoms with van der Waals surface area (Å²) in [6, 6.07) is 15.7. The maximum Gasteiger partial charge on any atom is 0.228 e. The molecule has 8 heteroatoms. The molecule has 1 amide bonds. The van der Waals surface area contributed by atoms with E-state index >= 15 is 0 Å². The van der Waals surface area contributed by atoms with Crippen LogP contribution in [0.1, 0.15) is 11.3 Å². The molecule has 4 rings (SSSR count). The lowest BCUT2D eigenvalue weighted by Crippen LogP contribution is -2.49. The van der Waals surface area contributed by atoms with Gasteiger partial charge in [-0.25, -0.2) is 4.98 Å². The number of thioether (sulfide) groups is 1. The van der Waals surface area contributed by atoms with Gasteiger partial charge >= 0.3 is 0 Å². The van der Waals surface area contributed by atoms with Crippen LogP contribution in [0.15, 0.2) is 58.3 Å². The minimum atomic E-state index is 0.141. The number of piperazine rings is 1. The van der Waals surface area contributed by atoms with Crippen molar-refractivity contribution in [1.29, 1.82) is 0 Å². The number of nitrogens with zero attached hydrogens (tertiary/aromatic N) is 3. The normalized spacial score (nSPS) is 14.2. The predicted octanol–water partition coefficient (Wildman–Crippen LogP) is 5.63. The SMILES string of the molecule is O=C(Cc1csc(SCc2cccc(Cl)c2)n1)N1CCN(c2ccc(Cl)cc2)CC1. The van der Waals surface area contributed by atoms with Crippen molar-refractivity contribution in [1.82, 2.24) is 9.88 Å². The van der Waals surface area contributed by atoms with Gasteiger partial charge in [-0.15, -0.1) is 11.3 Å². The fourth-order valence-electron chi connectivity index (χ4n) is 3.34. The number of rotatable bonds is 6. The van der Waals surface area contributed by atoms with Gasteiger partial charge in [-0.2, -0.15) is 0 Å². The predicted molar refractivity (Wildman–Crippen MR) is 127 cm³/mol. The van der Waals surface area contributed by atoms with Crippen LogP contribution in [-0.4, -0.2) is 42.0 Å². The van der Waals surface area contributed by atoms with Crippen LogP contribution in [0.4, 0.5) is 5.69 Å². The van der Waals surface area contributed by atoms with E-state index in [-0.39, 0.29) is 5.91 Å². The van der Waals surface area contributed by atoms with Crippen molar-refractivity contribution in [2.24, 2.45) is 0 Å². The van der Waals surface area contributed by atoms with Crippen LogP contribution in [0.25, 0.3) is 0 Å². The highest BCUT2D eigenvalue weighted by atomic mass is 35.5. The van der Waals surface area contributed by atoms with E-state index in [1.54, 1.807) is 23.1 Å². The van der Waals surface area contributed by atoms with E-state index in [1.807, 2.05) is 52.7 Å². The number of carbonyl (C=O) groups excluding carboxylic acids is 1. The molecule has 0 spiro atoms. The van der Waals surface area contributed by atoms with Gasteiger partial charge in [0.25, 0.3) is 0 Å². The first kappa shape index (κ1) is 21.5. The van der Waals surface area contributed by atoms with Crippen LogP contribution in [0.2, 0.25) is 10.0 Å². The summed E-state index contributed by atoms with van der Waals surface area (Å²) in [6.07, 6.45) is 0.356. The highest BCUT2D eigenvalue weighted by molar-refractivity contribution is 8.00. The van der Waals surface area contributed by atoms with Crippen LogP contribution in [0, 0.1) is 0 Å². The molecule has 1 saturated heterocycles. The summed E-state index contributed by atoms with van der Waals surface area (Å²) in [6.45, 7) is 3.10. The molecule has 1 aliphatic heterocycles. The molecule has 0 atom stereocenters. The lowest BCUT2D eigenvalue weighted by molar-refractivity contribution is -0.130. The fraction of sp³-hybridized carbons (Fsp3) is 0.273. The van der Waals surface area contributed by atoms with E-state index in [0.717, 1.165) is 57.7 Å². The average Bonchev–Trinajstić information content (AvgIpc) is 3.20.